The zero-order valence-corrected chi connectivity index (χ0v) is 13.3. The van der Waals surface area contributed by atoms with Crippen molar-refractivity contribution in [2.45, 2.75) is 32.2 Å². The number of likely N-dealkylation sites (tertiary alicyclic amines) is 1. The Bertz CT molecular complexity index is 580. The van der Waals surface area contributed by atoms with Crippen molar-refractivity contribution in [3.8, 4) is 0 Å². The standard InChI is InChI=1S/C15H22N2O3S/c1-3-14(15(18)16-11-7-8-12-16)17(21(2,19)20)13-9-5-4-6-10-13/h4-6,9-10,14H,3,7-8,11-12H2,1-2H3/t14-/m1/s1. The zero-order chi connectivity index (χ0) is 15.5. The van der Waals surface area contributed by atoms with Crippen LogP contribution in [0.4, 0.5) is 5.69 Å². The molecule has 21 heavy (non-hydrogen) atoms. The highest BCUT2D eigenvalue weighted by molar-refractivity contribution is 7.92. The summed E-state index contributed by atoms with van der Waals surface area (Å²) in [4.78, 5) is 14.4. The van der Waals surface area contributed by atoms with Crippen LogP contribution in [0.15, 0.2) is 30.3 Å². The van der Waals surface area contributed by atoms with Crippen LogP contribution in [0.2, 0.25) is 0 Å². The molecule has 0 unspecified atom stereocenters. The van der Waals surface area contributed by atoms with Crippen molar-refractivity contribution in [3.05, 3.63) is 30.3 Å². The summed E-state index contributed by atoms with van der Waals surface area (Å²) in [5.74, 6) is -0.0933. The molecule has 6 heteroatoms. The molecule has 5 nitrogen and oxygen atoms in total. The van der Waals surface area contributed by atoms with Gasteiger partial charge in [-0.1, -0.05) is 25.1 Å². The number of sulfonamides is 1. The summed E-state index contributed by atoms with van der Waals surface area (Å²) in [6, 6.07) is 8.16. The molecule has 1 amide bonds. The fourth-order valence-corrected chi connectivity index (χ4v) is 3.97. The third-order valence-electron chi connectivity index (χ3n) is 3.74. The number of rotatable bonds is 5. The normalized spacial score (nSPS) is 16.8. The van der Waals surface area contributed by atoms with Gasteiger partial charge < -0.3 is 4.90 Å². The molecule has 2 rings (SSSR count). The van der Waals surface area contributed by atoms with Crippen LogP contribution < -0.4 is 4.31 Å². The van der Waals surface area contributed by atoms with Gasteiger partial charge in [0, 0.05) is 13.1 Å². The number of carbonyl (C=O) groups excluding carboxylic acids is 1. The van der Waals surface area contributed by atoms with Crippen LogP contribution in [-0.4, -0.2) is 44.6 Å². The molecule has 1 atom stereocenters. The quantitative estimate of drug-likeness (QED) is 0.834. The SMILES string of the molecule is CC[C@H](C(=O)N1CCCC1)N(c1ccccc1)S(C)(=O)=O. The highest BCUT2D eigenvalue weighted by atomic mass is 32.2. The Balaban J connectivity index is 2.36. The predicted molar refractivity (Wildman–Crippen MR) is 83.7 cm³/mol. The van der Waals surface area contributed by atoms with Gasteiger partial charge in [0.1, 0.15) is 6.04 Å². The van der Waals surface area contributed by atoms with E-state index in [1.807, 2.05) is 13.0 Å². The molecule has 1 saturated heterocycles. The maximum atomic E-state index is 12.7. The molecule has 1 aliphatic heterocycles. The van der Waals surface area contributed by atoms with Crippen LogP contribution in [-0.2, 0) is 14.8 Å². The lowest BCUT2D eigenvalue weighted by Gasteiger charge is -2.32. The molecule has 0 N–H and O–H groups in total. The Kier molecular flexibility index (Phi) is 4.88. The second-order valence-corrected chi connectivity index (χ2v) is 7.21. The van der Waals surface area contributed by atoms with Crippen molar-refractivity contribution in [1.82, 2.24) is 4.90 Å². The molecule has 0 bridgehead atoms. The lowest BCUT2D eigenvalue weighted by molar-refractivity contribution is -0.131. The number of hydrogen-bond donors (Lipinski definition) is 0. The van der Waals surface area contributed by atoms with Crippen LogP contribution in [0.3, 0.4) is 0 Å². The maximum Gasteiger partial charge on any atom is 0.246 e. The first-order chi connectivity index (χ1) is 9.95. The highest BCUT2D eigenvalue weighted by Gasteiger charge is 2.34. The van der Waals surface area contributed by atoms with E-state index >= 15 is 0 Å². The number of amides is 1. The Morgan fingerprint density at radius 2 is 1.81 bits per heavy atom. The van der Waals surface area contributed by atoms with Crippen LogP contribution in [0.25, 0.3) is 0 Å². The lowest BCUT2D eigenvalue weighted by Crippen LogP contribution is -2.50. The molecule has 0 spiro atoms. The van der Waals surface area contributed by atoms with Gasteiger partial charge in [-0.3, -0.25) is 9.10 Å². The summed E-state index contributed by atoms with van der Waals surface area (Å²) >= 11 is 0. The van der Waals surface area contributed by atoms with E-state index in [2.05, 4.69) is 0 Å². The molecule has 1 aromatic carbocycles. The molecule has 1 aromatic rings. The van der Waals surface area contributed by atoms with E-state index in [9.17, 15) is 13.2 Å². The first-order valence-corrected chi connectivity index (χ1v) is 9.13. The van der Waals surface area contributed by atoms with E-state index in [1.54, 1.807) is 29.2 Å². The molecule has 0 saturated carbocycles. The minimum absolute atomic E-state index is 0.0933. The first-order valence-electron chi connectivity index (χ1n) is 7.28. The van der Waals surface area contributed by atoms with Crippen molar-refractivity contribution in [2.75, 3.05) is 23.7 Å². The van der Waals surface area contributed by atoms with Crippen LogP contribution >= 0.6 is 0 Å². The minimum atomic E-state index is -3.52. The van der Waals surface area contributed by atoms with Gasteiger partial charge in [-0.05, 0) is 31.4 Å². The summed E-state index contributed by atoms with van der Waals surface area (Å²) in [5, 5.41) is 0. The molecule has 1 fully saturated rings. The number of carbonyl (C=O) groups is 1. The van der Waals surface area contributed by atoms with Crippen LogP contribution in [0.5, 0.6) is 0 Å². The molecule has 0 radical (unpaired) electrons. The number of benzene rings is 1. The Morgan fingerprint density at radius 1 is 1.24 bits per heavy atom. The van der Waals surface area contributed by atoms with Crippen molar-refractivity contribution in [1.29, 1.82) is 0 Å². The molecule has 0 aromatic heterocycles. The van der Waals surface area contributed by atoms with Crippen molar-refractivity contribution >= 4 is 21.6 Å². The van der Waals surface area contributed by atoms with Gasteiger partial charge >= 0.3 is 0 Å². The van der Waals surface area contributed by atoms with E-state index in [-0.39, 0.29) is 5.91 Å². The van der Waals surface area contributed by atoms with Gasteiger partial charge in [0.2, 0.25) is 15.9 Å². The topological polar surface area (TPSA) is 57.7 Å². The molecule has 0 aliphatic carbocycles. The largest absolute Gasteiger partial charge is 0.341 e. The van der Waals surface area contributed by atoms with E-state index in [0.29, 0.717) is 12.1 Å². The third-order valence-corrected chi connectivity index (χ3v) is 4.92. The zero-order valence-electron chi connectivity index (χ0n) is 12.5. The lowest BCUT2D eigenvalue weighted by atomic mass is 10.1. The summed E-state index contributed by atoms with van der Waals surface area (Å²) in [5.41, 5.74) is 0.541. The monoisotopic (exact) mass is 310 g/mol. The van der Waals surface area contributed by atoms with Crippen LogP contribution in [0.1, 0.15) is 26.2 Å². The molecule has 1 aliphatic rings. The van der Waals surface area contributed by atoms with Gasteiger partial charge in [-0.2, -0.15) is 0 Å². The summed E-state index contributed by atoms with van der Waals surface area (Å²) < 4.78 is 25.7. The van der Waals surface area contributed by atoms with Crippen LogP contribution in [0, 0.1) is 0 Å². The molecular weight excluding hydrogens is 288 g/mol. The summed E-state index contributed by atoms with van der Waals surface area (Å²) in [7, 11) is -3.52. The fourth-order valence-electron chi connectivity index (χ4n) is 2.77. The molecule has 116 valence electrons. The maximum absolute atomic E-state index is 12.7. The Labute approximate surface area is 126 Å². The van der Waals surface area contributed by atoms with Crippen molar-refractivity contribution < 1.29 is 13.2 Å². The minimum Gasteiger partial charge on any atom is -0.341 e. The highest BCUT2D eigenvalue weighted by Crippen LogP contribution is 2.24. The van der Waals surface area contributed by atoms with E-state index in [4.69, 9.17) is 0 Å². The summed E-state index contributed by atoms with van der Waals surface area (Å²) in [6.45, 7) is 3.29. The number of para-hydroxylation sites is 1. The van der Waals surface area contributed by atoms with Gasteiger partial charge in [0.25, 0.3) is 0 Å². The smallest absolute Gasteiger partial charge is 0.246 e. The van der Waals surface area contributed by atoms with Gasteiger partial charge in [-0.15, -0.1) is 0 Å². The van der Waals surface area contributed by atoms with E-state index in [1.165, 1.54) is 4.31 Å². The van der Waals surface area contributed by atoms with Crippen molar-refractivity contribution in [2.24, 2.45) is 0 Å². The Hall–Kier alpha value is -1.56. The predicted octanol–water partition coefficient (Wildman–Crippen LogP) is 1.85. The average Bonchev–Trinajstić information content (AvgIpc) is 2.97. The Morgan fingerprint density at radius 3 is 2.29 bits per heavy atom. The van der Waals surface area contributed by atoms with Gasteiger partial charge in [-0.25, -0.2) is 8.42 Å². The fraction of sp³-hybridized carbons (Fsp3) is 0.533. The van der Waals surface area contributed by atoms with E-state index < -0.39 is 16.1 Å². The van der Waals surface area contributed by atoms with Gasteiger partial charge in [0.15, 0.2) is 0 Å². The first kappa shape index (κ1) is 15.8. The summed E-state index contributed by atoms with van der Waals surface area (Å²) in [6.07, 6.45) is 3.59. The van der Waals surface area contributed by atoms with E-state index in [0.717, 1.165) is 32.2 Å². The van der Waals surface area contributed by atoms with Crippen molar-refractivity contribution in [3.63, 3.8) is 0 Å². The number of anilines is 1. The average molecular weight is 310 g/mol. The number of hydrogen-bond acceptors (Lipinski definition) is 3. The molecule has 1 heterocycles. The number of nitrogens with zero attached hydrogens (tertiary/aromatic N) is 2. The molecular formula is C15H22N2O3S. The second-order valence-electron chi connectivity index (χ2n) is 5.35. The second kappa shape index (κ2) is 6.47. The third kappa shape index (κ3) is 3.56. The van der Waals surface area contributed by atoms with Gasteiger partial charge in [0.05, 0.1) is 11.9 Å².